The fourth-order valence-corrected chi connectivity index (χ4v) is 6.81. The molecule has 22 unspecified atom stereocenters. The van der Waals surface area contributed by atoms with E-state index < -0.39 is 180 Å². The van der Waals surface area contributed by atoms with Crippen molar-refractivity contribution < 1.29 is 120 Å². The lowest BCUT2D eigenvalue weighted by Gasteiger charge is -2.49. The molecule has 56 heavy (non-hydrogen) atoms. The first-order valence-electron chi connectivity index (χ1n) is 17.6. The Morgan fingerprint density at radius 2 is 1.11 bits per heavy atom. The van der Waals surface area contributed by atoms with Gasteiger partial charge in [0.2, 0.25) is 0 Å². The van der Waals surface area contributed by atoms with Gasteiger partial charge in [0, 0.05) is 0 Å². The summed E-state index contributed by atoms with van der Waals surface area (Å²) in [6.07, 6.45) is -36.6. The van der Waals surface area contributed by atoms with Gasteiger partial charge < -0.3 is 121 Å². The molecule has 3 heterocycles. The molecule has 0 radical (unpaired) electrons. The highest BCUT2D eigenvalue weighted by molar-refractivity contribution is 5.87. The van der Waals surface area contributed by atoms with Crippen LogP contribution in [-0.2, 0) is 33.2 Å². The summed E-state index contributed by atoms with van der Waals surface area (Å²) < 4.78 is 33.0. The van der Waals surface area contributed by atoms with Crippen molar-refractivity contribution in [2.45, 2.75) is 135 Å². The summed E-state index contributed by atoms with van der Waals surface area (Å²) in [7, 11) is 0. The van der Waals surface area contributed by atoms with Crippen LogP contribution in [0.15, 0.2) is 11.6 Å². The topological polar surface area (TPSA) is 428 Å². The van der Waals surface area contributed by atoms with Crippen LogP contribution < -0.4 is 5.32 Å². The number of nitrogens with one attached hydrogen (secondary N) is 1. The molecule has 25 heteroatoms. The van der Waals surface area contributed by atoms with Gasteiger partial charge in [0.05, 0.1) is 51.7 Å². The van der Waals surface area contributed by atoms with E-state index in [2.05, 4.69) is 5.32 Å². The number of carbonyl (C=O) groups is 1. The van der Waals surface area contributed by atoms with Gasteiger partial charge in [0.25, 0.3) is 0 Å². The Hall–Kier alpha value is -1.55. The molecule has 0 aromatic heterocycles. The predicted octanol–water partition coefficient (Wildman–Crippen LogP) is -11.9. The van der Waals surface area contributed by atoms with E-state index in [0.717, 1.165) is 0 Å². The first-order chi connectivity index (χ1) is 26.5. The Morgan fingerprint density at radius 1 is 0.625 bits per heavy atom. The Kier molecular flexibility index (Phi) is 17.4. The van der Waals surface area contributed by atoms with Gasteiger partial charge in [-0.2, -0.15) is 0 Å². The van der Waals surface area contributed by atoms with Gasteiger partial charge in [-0.1, -0.05) is 6.08 Å². The summed E-state index contributed by atoms with van der Waals surface area (Å²) in [5.74, 6) is -1.34. The third-order valence-electron chi connectivity index (χ3n) is 10.1. The average molecular weight is 824 g/mol. The van der Waals surface area contributed by atoms with Gasteiger partial charge in [0.1, 0.15) is 104 Å². The lowest BCUT2D eigenvalue weighted by atomic mass is 9.86. The van der Waals surface area contributed by atoms with Crippen molar-refractivity contribution >= 4 is 5.78 Å². The fourth-order valence-electron chi connectivity index (χ4n) is 6.81. The van der Waals surface area contributed by atoms with E-state index in [1.807, 2.05) is 0 Å². The monoisotopic (exact) mass is 823 g/mol. The van der Waals surface area contributed by atoms with E-state index in [1.54, 1.807) is 0 Å². The third kappa shape index (κ3) is 9.90. The van der Waals surface area contributed by atoms with Crippen LogP contribution in [0.2, 0.25) is 0 Å². The van der Waals surface area contributed by atoms with Gasteiger partial charge >= 0.3 is 0 Å². The van der Waals surface area contributed by atoms with E-state index in [0.29, 0.717) is 0 Å². The maximum Gasteiger partial charge on any atom is 0.195 e. The number of rotatable bonds is 17. The summed E-state index contributed by atoms with van der Waals surface area (Å²) in [5, 5.41) is 177. The minimum Gasteiger partial charge on any atom is -0.394 e. The largest absolute Gasteiger partial charge is 0.394 e. The molecule has 4 aliphatic rings. The first kappa shape index (κ1) is 47.1. The van der Waals surface area contributed by atoms with Gasteiger partial charge in [-0.25, -0.2) is 0 Å². The van der Waals surface area contributed by atoms with Crippen molar-refractivity contribution in [3.63, 3.8) is 0 Å². The van der Waals surface area contributed by atoms with Crippen molar-refractivity contribution in [2.75, 3.05) is 39.6 Å². The van der Waals surface area contributed by atoms with Crippen LogP contribution in [-0.4, -0.2) is 267 Å². The van der Waals surface area contributed by atoms with Gasteiger partial charge in [-0.05, 0) is 5.57 Å². The molecule has 4 rings (SSSR count). The average Bonchev–Trinajstić information content (AvgIpc) is 3.20. The van der Waals surface area contributed by atoms with Crippen LogP contribution in [0.1, 0.15) is 0 Å². The minimum absolute atomic E-state index is 0.0690. The van der Waals surface area contributed by atoms with Crippen molar-refractivity contribution in [3.05, 3.63) is 11.6 Å². The Morgan fingerprint density at radius 3 is 1.59 bits per heavy atom. The zero-order valence-electron chi connectivity index (χ0n) is 29.5. The van der Waals surface area contributed by atoms with Crippen LogP contribution in [0.4, 0.5) is 0 Å². The zero-order chi connectivity index (χ0) is 41.8. The summed E-state index contributed by atoms with van der Waals surface area (Å²) >= 11 is 0. The standard InChI is InChI=1S/C31H53NO24/c33-2-8-1-9(17(42)20(45)16(8)41)32-15-12(5-36)51-29(23(48)19(15)44)55-27-14(7-38)53-31(25(50)22(27)47)56-28-13(6-37)52-30(24(49)21(28)46)54-26(11(40)4-35)18(43)10(39)3-34/h1,9-17,19-42,44-50H,2-7H2. The molecule has 1 aliphatic carbocycles. The number of hydrogen-bond donors (Lipinski definition) is 18. The molecule has 0 amide bonds. The minimum atomic E-state index is -2.16. The summed E-state index contributed by atoms with van der Waals surface area (Å²) in [6.45, 7) is -5.72. The summed E-state index contributed by atoms with van der Waals surface area (Å²) in [5.41, 5.74) is -0.0690. The second-order valence-corrected chi connectivity index (χ2v) is 13.8. The highest BCUT2D eigenvalue weighted by Crippen LogP contribution is 2.33. The van der Waals surface area contributed by atoms with Gasteiger partial charge in [-0.15, -0.1) is 0 Å². The number of ketones is 1. The highest BCUT2D eigenvalue weighted by Gasteiger charge is 2.55. The molecule has 22 atom stereocenters. The van der Waals surface area contributed by atoms with Crippen molar-refractivity contribution in [2.24, 2.45) is 0 Å². The normalized spacial score (nSPS) is 45.2. The lowest BCUT2D eigenvalue weighted by Crippen LogP contribution is -2.69. The molecule has 18 N–H and O–H groups in total. The van der Waals surface area contributed by atoms with E-state index in [4.69, 9.17) is 33.5 Å². The van der Waals surface area contributed by atoms with Crippen LogP contribution in [0.5, 0.6) is 0 Å². The first-order valence-corrected chi connectivity index (χ1v) is 17.6. The van der Waals surface area contributed by atoms with E-state index in [1.165, 1.54) is 6.08 Å². The second kappa shape index (κ2) is 20.6. The molecule has 0 bridgehead atoms. The molecule has 0 saturated carbocycles. The molecule has 25 nitrogen and oxygen atoms in total. The molecular formula is C31H53NO24. The number of ether oxygens (including phenoxy) is 6. The molecule has 3 aliphatic heterocycles. The zero-order valence-corrected chi connectivity index (χ0v) is 29.5. The molecule has 0 spiro atoms. The number of hydrogen-bond acceptors (Lipinski definition) is 25. The Bertz CT molecular complexity index is 1260. The molecule has 0 aromatic rings. The molecule has 0 aromatic carbocycles. The maximum atomic E-state index is 12.4. The summed E-state index contributed by atoms with van der Waals surface area (Å²) in [6, 6.07) is -2.62. The molecular weight excluding hydrogens is 770 g/mol. The lowest BCUT2D eigenvalue weighted by molar-refractivity contribution is -0.378. The summed E-state index contributed by atoms with van der Waals surface area (Å²) in [4.78, 5) is 12.4. The SMILES string of the molecule is O=C(C(O)CO)C(OC1OC(CO)C(OC2OC(CO)C(OC3OC(CO)C(NC4C=C(CO)C(O)C(O)C4O)C(O)C3O)C(O)C2O)C(O)C1O)C(O)CO. The maximum absolute atomic E-state index is 12.4. The highest BCUT2D eigenvalue weighted by atomic mass is 16.8. The number of aliphatic hydroxyl groups is 17. The van der Waals surface area contributed by atoms with Crippen LogP contribution in [0.25, 0.3) is 0 Å². The van der Waals surface area contributed by atoms with Crippen molar-refractivity contribution in [1.82, 2.24) is 5.32 Å². The number of Topliss-reactive ketones (excluding diaryl/α,β-unsaturated/α-hetero) is 1. The Balaban J connectivity index is 1.44. The van der Waals surface area contributed by atoms with E-state index >= 15 is 0 Å². The number of carbonyl (C=O) groups excluding carboxylic acids is 1. The molecule has 3 fully saturated rings. The fraction of sp³-hybridized carbons (Fsp3) is 0.903. The predicted molar refractivity (Wildman–Crippen MR) is 173 cm³/mol. The van der Waals surface area contributed by atoms with Crippen LogP contribution in [0.3, 0.4) is 0 Å². The number of aliphatic hydroxyl groups excluding tert-OH is 17. The second-order valence-electron chi connectivity index (χ2n) is 13.8. The smallest absolute Gasteiger partial charge is 0.195 e. The third-order valence-corrected chi connectivity index (χ3v) is 10.1. The van der Waals surface area contributed by atoms with Crippen LogP contribution in [0, 0.1) is 0 Å². The van der Waals surface area contributed by atoms with Crippen molar-refractivity contribution in [1.29, 1.82) is 0 Å². The quantitative estimate of drug-likeness (QED) is 0.0606. The van der Waals surface area contributed by atoms with E-state index in [-0.39, 0.29) is 5.57 Å². The van der Waals surface area contributed by atoms with E-state index in [9.17, 15) is 86.5 Å². The molecule has 3 saturated heterocycles. The van der Waals surface area contributed by atoms with Crippen molar-refractivity contribution in [3.8, 4) is 0 Å². The Labute approximate surface area is 317 Å². The van der Waals surface area contributed by atoms with Gasteiger partial charge in [-0.3, -0.25) is 4.79 Å². The van der Waals surface area contributed by atoms with Gasteiger partial charge in [0.15, 0.2) is 24.7 Å². The molecule has 326 valence electrons. The van der Waals surface area contributed by atoms with Crippen LogP contribution >= 0.6 is 0 Å².